The third-order valence-electron chi connectivity index (χ3n) is 5.06. The second-order valence-corrected chi connectivity index (χ2v) is 9.19. The largest absolute Gasteiger partial charge is 0.384 e. The van der Waals surface area contributed by atoms with Crippen molar-refractivity contribution < 1.29 is 13.2 Å². The Morgan fingerprint density at radius 1 is 1.00 bits per heavy atom. The number of hydrazine groups is 1. The minimum absolute atomic E-state index is 0.0366. The summed E-state index contributed by atoms with van der Waals surface area (Å²) in [5.74, 6) is -0.0580. The van der Waals surface area contributed by atoms with E-state index in [1.807, 2.05) is 6.92 Å². The Hall–Kier alpha value is -3.89. The van der Waals surface area contributed by atoms with Crippen molar-refractivity contribution in [3.05, 3.63) is 78.4 Å². The fourth-order valence-electron chi connectivity index (χ4n) is 3.31. The first-order chi connectivity index (χ1) is 16.2. The summed E-state index contributed by atoms with van der Waals surface area (Å²) in [6, 6.07) is 19.9. The van der Waals surface area contributed by atoms with Crippen LogP contribution in [-0.4, -0.2) is 31.8 Å². The number of benzene rings is 3. The van der Waals surface area contributed by atoms with Crippen LogP contribution >= 0.6 is 0 Å². The Bertz CT molecular complexity index is 1280. The first-order valence-electron chi connectivity index (χ1n) is 10.7. The van der Waals surface area contributed by atoms with Gasteiger partial charge in [0.25, 0.3) is 0 Å². The summed E-state index contributed by atoms with van der Waals surface area (Å²) in [6.07, 6.45) is 1.69. The number of carbonyl (C=O) groups is 1. The van der Waals surface area contributed by atoms with Crippen LogP contribution in [0.25, 0.3) is 11.1 Å². The van der Waals surface area contributed by atoms with Crippen LogP contribution in [0.5, 0.6) is 0 Å². The average molecular weight is 481 g/mol. The molecule has 9 nitrogen and oxygen atoms in total. The molecule has 3 rings (SSSR count). The second kappa shape index (κ2) is 10.8. The van der Waals surface area contributed by atoms with Crippen LogP contribution in [0.4, 0.5) is 16.2 Å². The smallest absolute Gasteiger partial charge is 0.340 e. The number of nitrogens with one attached hydrogen (secondary N) is 3. The Balaban J connectivity index is 1.77. The van der Waals surface area contributed by atoms with Crippen molar-refractivity contribution in [3.8, 4) is 11.1 Å². The highest BCUT2D eigenvalue weighted by atomic mass is 32.2. The molecule has 0 aliphatic rings. The van der Waals surface area contributed by atoms with Gasteiger partial charge in [-0.05, 0) is 42.3 Å². The van der Waals surface area contributed by atoms with E-state index in [9.17, 15) is 13.2 Å². The van der Waals surface area contributed by atoms with Crippen molar-refractivity contribution in [1.82, 2.24) is 5.01 Å². The quantitative estimate of drug-likeness (QED) is 0.178. The van der Waals surface area contributed by atoms with Gasteiger partial charge < -0.3 is 11.1 Å². The minimum atomic E-state index is -3.87. The van der Waals surface area contributed by atoms with Gasteiger partial charge >= 0.3 is 6.03 Å². The molecule has 0 spiro atoms. The molecule has 2 amide bonds. The van der Waals surface area contributed by atoms with Crippen molar-refractivity contribution in [1.29, 1.82) is 5.41 Å². The highest BCUT2D eigenvalue weighted by Crippen LogP contribution is 2.27. The van der Waals surface area contributed by atoms with E-state index in [4.69, 9.17) is 16.3 Å². The van der Waals surface area contributed by atoms with Gasteiger partial charge in [0, 0.05) is 23.4 Å². The monoisotopic (exact) mass is 480 g/mol. The van der Waals surface area contributed by atoms with Crippen LogP contribution in [0.3, 0.4) is 0 Å². The predicted octanol–water partition coefficient (Wildman–Crippen LogP) is 3.95. The van der Waals surface area contributed by atoms with E-state index in [0.717, 1.165) is 12.8 Å². The number of hydrogen-bond acceptors (Lipinski definition) is 5. The van der Waals surface area contributed by atoms with Gasteiger partial charge in [-0.15, -0.1) is 0 Å². The lowest BCUT2D eigenvalue weighted by Crippen LogP contribution is -2.40. The van der Waals surface area contributed by atoms with Crippen molar-refractivity contribution in [2.24, 2.45) is 10.9 Å². The number of hydrogen-bond donors (Lipinski definition) is 5. The standard InChI is InChI=1S/C24H28N6O3S/c1-2-3-15-30(29-20-8-6-7-18(16-20)23(25)26)24(31)28-19-13-11-17(12-14-19)21-9-4-5-10-22(21)34(27,32)33/h4-14,16,29H,2-3,15H2,1H3,(H3,25,26)(H,28,31)(H2,27,32,33). The molecule has 0 aliphatic heterocycles. The van der Waals surface area contributed by atoms with Crippen molar-refractivity contribution >= 4 is 33.3 Å². The van der Waals surface area contributed by atoms with Gasteiger partial charge in [0.2, 0.25) is 10.0 Å². The van der Waals surface area contributed by atoms with E-state index in [1.165, 1.54) is 11.1 Å². The van der Waals surface area contributed by atoms with Gasteiger partial charge in [-0.2, -0.15) is 0 Å². The average Bonchev–Trinajstić information content (AvgIpc) is 2.82. The molecular weight excluding hydrogens is 452 g/mol. The number of amidine groups is 1. The van der Waals surface area contributed by atoms with Gasteiger partial charge in [0.05, 0.1) is 10.6 Å². The number of rotatable bonds is 9. The Kier molecular flexibility index (Phi) is 7.87. The van der Waals surface area contributed by atoms with Crippen LogP contribution in [0.2, 0.25) is 0 Å². The predicted molar refractivity (Wildman–Crippen MR) is 135 cm³/mol. The van der Waals surface area contributed by atoms with Gasteiger partial charge in [-0.1, -0.05) is 55.8 Å². The number of nitrogens with zero attached hydrogens (tertiary/aromatic N) is 1. The molecule has 0 heterocycles. The van der Waals surface area contributed by atoms with Crippen molar-refractivity contribution in [3.63, 3.8) is 0 Å². The van der Waals surface area contributed by atoms with E-state index in [2.05, 4.69) is 10.7 Å². The topological polar surface area (TPSA) is 154 Å². The maximum atomic E-state index is 13.0. The van der Waals surface area contributed by atoms with Crippen molar-refractivity contribution in [2.45, 2.75) is 24.7 Å². The van der Waals surface area contributed by atoms with E-state index in [1.54, 1.807) is 66.7 Å². The lowest BCUT2D eigenvalue weighted by molar-refractivity contribution is 0.221. The van der Waals surface area contributed by atoms with Crippen molar-refractivity contribution in [2.75, 3.05) is 17.3 Å². The van der Waals surface area contributed by atoms with Crippen LogP contribution in [0, 0.1) is 5.41 Å². The first kappa shape index (κ1) is 24.7. The number of amides is 2. The van der Waals surface area contributed by atoms with Gasteiger partial charge in [-0.3, -0.25) is 10.8 Å². The lowest BCUT2D eigenvalue weighted by Gasteiger charge is -2.25. The Morgan fingerprint density at radius 3 is 2.35 bits per heavy atom. The first-order valence-corrected chi connectivity index (χ1v) is 12.3. The molecule has 178 valence electrons. The molecule has 0 saturated heterocycles. The van der Waals surface area contributed by atoms with E-state index in [0.29, 0.717) is 34.6 Å². The lowest BCUT2D eigenvalue weighted by atomic mass is 10.1. The van der Waals surface area contributed by atoms with Crippen LogP contribution < -0.4 is 21.6 Å². The highest BCUT2D eigenvalue weighted by molar-refractivity contribution is 7.89. The molecule has 34 heavy (non-hydrogen) atoms. The normalized spacial score (nSPS) is 11.0. The fourth-order valence-corrected chi connectivity index (χ4v) is 4.07. The van der Waals surface area contributed by atoms with E-state index in [-0.39, 0.29) is 16.8 Å². The molecule has 0 fully saturated rings. The molecule has 3 aromatic carbocycles. The summed E-state index contributed by atoms with van der Waals surface area (Å²) in [4.78, 5) is 13.0. The molecule has 0 saturated carbocycles. The zero-order valence-electron chi connectivity index (χ0n) is 18.8. The SMILES string of the molecule is CCCCN(Nc1cccc(C(=N)N)c1)C(=O)Nc1ccc(-c2ccccc2S(N)(=O)=O)cc1. The zero-order valence-corrected chi connectivity index (χ0v) is 19.6. The summed E-state index contributed by atoms with van der Waals surface area (Å²) in [5, 5.41) is 17.3. The number of anilines is 2. The Labute approximate surface area is 199 Å². The van der Waals surface area contributed by atoms with Crippen LogP contribution in [0.1, 0.15) is 25.3 Å². The Morgan fingerprint density at radius 2 is 1.71 bits per heavy atom. The number of carbonyl (C=O) groups excluding carboxylic acids is 1. The van der Waals surface area contributed by atoms with Gasteiger partial charge in [0.1, 0.15) is 5.84 Å². The summed E-state index contributed by atoms with van der Waals surface area (Å²) in [5.41, 5.74) is 11.5. The molecule has 0 radical (unpaired) electrons. The zero-order chi connectivity index (χ0) is 24.7. The molecule has 7 N–H and O–H groups in total. The summed E-state index contributed by atoms with van der Waals surface area (Å²) < 4.78 is 23.8. The highest BCUT2D eigenvalue weighted by Gasteiger charge is 2.16. The summed E-state index contributed by atoms with van der Waals surface area (Å²) in [6.45, 7) is 2.50. The number of nitrogens with two attached hydrogens (primary N) is 2. The van der Waals surface area contributed by atoms with Gasteiger partial charge in [0.15, 0.2) is 0 Å². The molecule has 0 unspecified atom stereocenters. The molecule has 0 atom stereocenters. The molecule has 0 bridgehead atoms. The molecule has 0 aromatic heterocycles. The summed E-state index contributed by atoms with van der Waals surface area (Å²) >= 11 is 0. The molecule has 10 heteroatoms. The van der Waals surface area contributed by atoms with E-state index >= 15 is 0 Å². The molecule has 0 aliphatic carbocycles. The van der Waals surface area contributed by atoms with Gasteiger partial charge in [-0.25, -0.2) is 23.4 Å². The third-order valence-corrected chi connectivity index (χ3v) is 6.03. The summed E-state index contributed by atoms with van der Waals surface area (Å²) in [7, 11) is -3.87. The number of sulfonamides is 1. The number of primary sulfonamides is 1. The molecular formula is C24H28N6O3S. The molecule has 3 aromatic rings. The third kappa shape index (κ3) is 6.33. The van der Waals surface area contributed by atoms with Crippen LogP contribution in [0.15, 0.2) is 77.7 Å². The second-order valence-electron chi connectivity index (χ2n) is 7.66. The number of unbranched alkanes of at least 4 members (excludes halogenated alkanes) is 1. The minimum Gasteiger partial charge on any atom is -0.384 e. The maximum absolute atomic E-state index is 13.0. The number of nitrogen functional groups attached to an aromatic ring is 1. The number of urea groups is 1. The maximum Gasteiger partial charge on any atom is 0.340 e. The fraction of sp³-hybridized carbons (Fsp3) is 0.167. The van der Waals surface area contributed by atoms with Crippen LogP contribution in [-0.2, 0) is 10.0 Å². The van der Waals surface area contributed by atoms with E-state index < -0.39 is 10.0 Å².